The van der Waals surface area contributed by atoms with Crippen molar-refractivity contribution in [2.75, 3.05) is 11.9 Å². The average molecular weight is 383 g/mol. The van der Waals surface area contributed by atoms with Gasteiger partial charge < -0.3 is 15.4 Å². The lowest BCUT2D eigenvalue weighted by Gasteiger charge is -2.20. The molecule has 0 bridgehead atoms. The third-order valence-electron chi connectivity index (χ3n) is 4.59. The van der Waals surface area contributed by atoms with Crippen LogP contribution in [0, 0.1) is 19.8 Å². The minimum Gasteiger partial charge on any atom is -0.480 e. The molecule has 2 N–H and O–H groups in total. The number of hydrogen-bond donors (Lipinski definition) is 2. The summed E-state index contributed by atoms with van der Waals surface area (Å²) in [6, 6.07) is 12.8. The normalized spacial score (nSPS) is 11.8. The highest BCUT2D eigenvalue weighted by molar-refractivity contribution is 6.04. The molecule has 0 aliphatic heterocycles. The molecule has 28 heavy (non-hydrogen) atoms. The molecular formula is C23H30N2O3. The first-order valence-corrected chi connectivity index (χ1v) is 9.74. The van der Waals surface area contributed by atoms with E-state index in [0.717, 1.165) is 11.1 Å². The molecule has 0 unspecified atom stereocenters. The molecule has 0 radical (unpaired) electrons. The summed E-state index contributed by atoms with van der Waals surface area (Å²) in [6.07, 6.45) is -0.131. The Balaban J connectivity index is 2.14. The quantitative estimate of drug-likeness (QED) is 0.707. The number of anilines is 1. The van der Waals surface area contributed by atoms with Crippen LogP contribution in [0.2, 0.25) is 0 Å². The Morgan fingerprint density at radius 2 is 1.75 bits per heavy atom. The molecule has 1 atom stereocenters. The van der Waals surface area contributed by atoms with Gasteiger partial charge in [-0.15, -0.1) is 0 Å². The van der Waals surface area contributed by atoms with Crippen molar-refractivity contribution in [3.05, 3.63) is 59.2 Å². The van der Waals surface area contributed by atoms with Gasteiger partial charge in [-0.1, -0.05) is 45.0 Å². The zero-order valence-corrected chi connectivity index (χ0v) is 17.3. The Morgan fingerprint density at radius 3 is 2.43 bits per heavy atom. The van der Waals surface area contributed by atoms with E-state index in [1.54, 1.807) is 24.3 Å². The smallest absolute Gasteiger partial charge is 0.265 e. The van der Waals surface area contributed by atoms with Crippen LogP contribution < -0.4 is 15.4 Å². The zero-order valence-electron chi connectivity index (χ0n) is 17.3. The van der Waals surface area contributed by atoms with Gasteiger partial charge in [0.25, 0.3) is 11.8 Å². The Morgan fingerprint density at radius 1 is 1.04 bits per heavy atom. The van der Waals surface area contributed by atoms with Gasteiger partial charge in [-0.3, -0.25) is 9.59 Å². The Hall–Kier alpha value is -2.82. The number of amides is 2. The maximum Gasteiger partial charge on any atom is 0.265 e. The SMILES string of the molecule is CC[C@H](Oc1cccc(C)c1C)C(=O)Nc1ccccc1C(=O)NCC(C)C. The summed E-state index contributed by atoms with van der Waals surface area (Å²) in [7, 11) is 0. The molecule has 0 heterocycles. The van der Waals surface area contributed by atoms with Crippen LogP contribution in [-0.4, -0.2) is 24.5 Å². The number of para-hydroxylation sites is 1. The lowest BCUT2D eigenvalue weighted by Crippen LogP contribution is -2.34. The fourth-order valence-corrected chi connectivity index (χ4v) is 2.72. The standard InChI is InChI=1S/C23H30N2O3/c1-6-20(28-21-13-9-10-16(4)17(21)5)23(27)25-19-12-8-7-11-18(19)22(26)24-14-15(2)3/h7-13,15,20H,6,14H2,1-5H3,(H,24,26)(H,25,27)/t20-/m0/s1. The molecule has 5 heteroatoms. The van der Waals surface area contributed by atoms with Crippen molar-refractivity contribution in [3.63, 3.8) is 0 Å². The van der Waals surface area contributed by atoms with Gasteiger partial charge in [0, 0.05) is 6.54 Å². The van der Waals surface area contributed by atoms with Gasteiger partial charge in [0.05, 0.1) is 11.3 Å². The Labute approximate surface area is 167 Å². The number of nitrogens with one attached hydrogen (secondary N) is 2. The number of benzene rings is 2. The number of ether oxygens (including phenoxy) is 1. The fraction of sp³-hybridized carbons (Fsp3) is 0.391. The van der Waals surface area contributed by atoms with Crippen LogP contribution >= 0.6 is 0 Å². The highest BCUT2D eigenvalue weighted by Gasteiger charge is 2.21. The third kappa shape index (κ3) is 5.59. The van der Waals surface area contributed by atoms with Gasteiger partial charge in [0.15, 0.2) is 6.10 Å². The summed E-state index contributed by atoms with van der Waals surface area (Å²) in [6.45, 7) is 10.5. The van der Waals surface area contributed by atoms with Crippen LogP contribution in [0.15, 0.2) is 42.5 Å². The number of rotatable bonds is 8. The molecule has 2 amide bonds. The summed E-state index contributed by atoms with van der Waals surface area (Å²) < 4.78 is 5.98. The van der Waals surface area contributed by atoms with Crippen LogP contribution in [0.5, 0.6) is 5.75 Å². The van der Waals surface area contributed by atoms with Gasteiger partial charge in [-0.05, 0) is 55.5 Å². The van der Waals surface area contributed by atoms with Crippen molar-refractivity contribution in [3.8, 4) is 5.75 Å². The summed E-state index contributed by atoms with van der Waals surface area (Å²) in [4.78, 5) is 25.3. The van der Waals surface area contributed by atoms with Crippen LogP contribution in [0.3, 0.4) is 0 Å². The molecule has 2 aromatic carbocycles. The van der Waals surface area contributed by atoms with E-state index in [4.69, 9.17) is 4.74 Å². The van der Waals surface area contributed by atoms with Gasteiger partial charge in [0.1, 0.15) is 5.75 Å². The summed E-state index contributed by atoms with van der Waals surface area (Å²) >= 11 is 0. The van der Waals surface area contributed by atoms with Crippen molar-refractivity contribution < 1.29 is 14.3 Å². The molecule has 0 aliphatic carbocycles. The summed E-state index contributed by atoms with van der Waals surface area (Å²) in [5, 5.41) is 5.75. The molecule has 0 fully saturated rings. The maximum atomic E-state index is 12.8. The first kappa shape index (κ1) is 21.5. The van der Waals surface area contributed by atoms with Gasteiger partial charge in [-0.2, -0.15) is 0 Å². The van der Waals surface area contributed by atoms with E-state index in [9.17, 15) is 9.59 Å². The number of hydrogen-bond acceptors (Lipinski definition) is 3. The van der Waals surface area contributed by atoms with E-state index in [1.165, 1.54) is 0 Å². The van der Waals surface area contributed by atoms with Gasteiger partial charge in [0.2, 0.25) is 0 Å². The fourth-order valence-electron chi connectivity index (χ4n) is 2.72. The lowest BCUT2D eigenvalue weighted by molar-refractivity contribution is -0.122. The molecule has 2 aromatic rings. The molecule has 5 nitrogen and oxygen atoms in total. The van der Waals surface area contributed by atoms with Crippen LogP contribution in [0.4, 0.5) is 5.69 Å². The molecule has 0 aliphatic rings. The minimum atomic E-state index is -0.646. The maximum absolute atomic E-state index is 12.8. The second kappa shape index (κ2) is 9.93. The van der Waals surface area contributed by atoms with E-state index in [-0.39, 0.29) is 11.8 Å². The Kier molecular flexibility index (Phi) is 7.61. The van der Waals surface area contributed by atoms with E-state index < -0.39 is 6.10 Å². The van der Waals surface area contributed by atoms with Crippen molar-refractivity contribution >= 4 is 17.5 Å². The molecule has 0 aromatic heterocycles. The molecule has 150 valence electrons. The highest BCUT2D eigenvalue weighted by atomic mass is 16.5. The third-order valence-corrected chi connectivity index (χ3v) is 4.59. The second-order valence-corrected chi connectivity index (χ2v) is 7.35. The number of aryl methyl sites for hydroxylation is 1. The topological polar surface area (TPSA) is 67.4 Å². The van der Waals surface area contributed by atoms with E-state index in [0.29, 0.717) is 35.9 Å². The van der Waals surface area contributed by atoms with Crippen molar-refractivity contribution in [2.24, 2.45) is 5.92 Å². The van der Waals surface area contributed by atoms with Crippen LogP contribution in [0.25, 0.3) is 0 Å². The van der Waals surface area contributed by atoms with Crippen molar-refractivity contribution in [2.45, 2.75) is 47.1 Å². The predicted molar refractivity (Wildman–Crippen MR) is 113 cm³/mol. The van der Waals surface area contributed by atoms with Crippen molar-refractivity contribution in [1.82, 2.24) is 5.32 Å². The Bertz CT molecular complexity index is 830. The first-order chi connectivity index (χ1) is 13.3. The predicted octanol–water partition coefficient (Wildman–Crippen LogP) is 4.49. The van der Waals surface area contributed by atoms with E-state index in [1.807, 2.05) is 52.8 Å². The summed E-state index contributed by atoms with van der Waals surface area (Å²) in [5.74, 6) is 0.576. The zero-order chi connectivity index (χ0) is 20.7. The van der Waals surface area contributed by atoms with Gasteiger partial charge >= 0.3 is 0 Å². The molecule has 2 rings (SSSR count). The number of carbonyl (C=O) groups excluding carboxylic acids is 2. The van der Waals surface area contributed by atoms with E-state index in [2.05, 4.69) is 10.6 Å². The molecule has 0 spiro atoms. The highest BCUT2D eigenvalue weighted by Crippen LogP contribution is 2.23. The van der Waals surface area contributed by atoms with Crippen LogP contribution in [0.1, 0.15) is 48.7 Å². The number of carbonyl (C=O) groups is 2. The summed E-state index contributed by atoms with van der Waals surface area (Å²) in [5.41, 5.74) is 3.05. The largest absolute Gasteiger partial charge is 0.480 e. The van der Waals surface area contributed by atoms with Crippen molar-refractivity contribution in [1.29, 1.82) is 0 Å². The first-order valence-electron chi connectivity index (χ1n) is 9.74. The molecular weight excluding hydrogens is 352 g/mol. The lowest BCUT2D eigenvalue weighted by atomic mass is 10.1. The van der Waals surface area contributed by atoms with E-state index >= 15 is 0 Å². The molecule has 0 saturated carbocycles. The second-order valence-electron chi connectivity index (χ2n) is 7.35. The monoisotopic (exact) mass is 382 g/mol. The average Bonchev–Trinajstić information content (AvgIpc) is 2.67. The van der Waals surface area contributed by atoms with Crippen LogP contribution in [-0.2, 0) is 4.79 Å². The molecule has 0 saturated heterocycles. The van der Waals surface area contributed by atoms with Gasteiger partial charge in [-0.25, -0.2) is 0 Å². The minimum absolute atomic E-state index is 0.201.